The first kappa shape index (κ1) is 10.4. The van der Waals surface area contributed by atoms with Crippen LogP contribution in [0.4, 0.5) is 0 Å². The highest BCUT2D eigenvalue weighted by Gasteiger charge is 2.10. The van der Waals surface area contributed by atoms with E-state index in [0.717, 1.165) is 8.73 Å². The maximum atomic E-state index is 2.54. The third-order valence-corrected chi connectivity index (χ3v) is 3.17. The van der Waals surface area contributed by atoms with Crippen molar-refractivity contribution in [3.8, 4) is 0 Å². The van der Waals surface area contributed by atoms with Crippen LogP contribution >= 0.6 is 8.73 Å². The van der Waals surface area contributed by atoms with E-state index in [2.05, 4.69) is 39.3 Å². The van der Waals surface area contributed by atoms with E-state index >= 15 is 0 Å². The Hall–Kier alpha value is 0.390. The minimum Gasteiger partial charge on any atom is -0.280 e. The molecule has 2 heteroatoms. The highest BCUT2D eigenvalue weighted by Crippen LogP contribution is 2.23. The van der Waals surface area contributed by atoms with Crippen LogP contribution in [0.15, 0.2) is 0 Å². The summed E-state index contributed by atoms with van der Waals surface area (Å²) in [6.45, 7) is 11.3. The molecule has 0 aromatic carbocycles. The first-order valence-corrected chi connectivity index (χ1v) is 5.26. The molecule has 0 aliphatic heterocycles. The van der Waals surface area contributed by atoms with Crippen molar-refractivity contribution in [1.29, 1.82) is 0 Å². The molecule has 0 aromatic rings. The molecule has 0 rings (SSSR count). The molecular weight excluding hydrogens is 141 g/mol. The lowest BCUT2D eigenvalue weighted by atomic mass is 10.3. The van der Waals surface area contributed by atoms with Crippen LogP contribution in [0.25, 0.3) is 0 Å². The van der Waals surface area contributed by atoms with Gasteiger partial charge in [-0.05, 0) is 33.9 Å². The minimum atomic E-state index is 0.707. The fourth-order valence-corrected chi connectivity index (χ4v) is 2.24. The molecule has 0 aliphatic rings. The van der Waals surface area contributed by atoms with Crippen molar-refractivity contribution < 1.29 is 0 Å². The quantitative estimate of drug-likeness (QED) is 0.573. The van der Waals surface area contributed by atoms with Crippen LogP contribution in [0.5, 0.6) is 0 Å². The monoisotopic (exact) mass is 161 g/mol. The second-order valence-corrected chi connectivity index (χ2v) is 4.65. The third kappa shape index (κ3) is 3.53. The van der Waals surface area contributed by atoms with Crippen molar-refractivity contribution in [1.82, 2.24) is 4.67 Å². The summed E-state index contributed by atoms with van der Waals surface area (Å²) in [5, 5.41) is 0. The van der Waals surface area contributed by atoms with Gasteiger partial charge in [0.2, 0.25) is 0 Å². The van der Waals surface area contributed by atoms with Gasteiger partial charge in [0.25, 0.3) is 0 Å². The van der Waals surface area contributed by atoms with E-state index in [1.807, 2.05) is 0 Å². The molecule has 1 unspecified atom stereocenters. The standard InChI is InChI=1S/C8H20NP/c1-6-10-9(7(2)3)8(4)5/h7-8,10H,6H2,1-5H3. The third-order valence-electron chi connectivity index (χ3n) is 1.45. The summed E-state index contributed by atoms with van der Waals surface area (Å²) in [4.78, 5) is 0. The van der Waals surface area contributed by atoms with Crippen molar-refractivity contribution in [3.05, 3.63) is 0 Å². The number of hydrogen-bond donors (Lipinski definition) is 0. The van der Waals surface area contributed by atoms with Crippen molar-refractivity contribution in [3.63, 3.8) is 0 Å². The summed E-state index contributed by atoms with van der Waals surface area (Å²) in [7, 11) is 1.00. The lowest BCUT2D eigenvalue weighted by Gasteiger charge is -2.29. The summed E-state index contributed by atoms with van der Waals surface area (Å²) in [6.07, 6.45) is 1.29. The minimum absolute atomic E-state index is 0.707. The van der Waals surface area contributed by atoms with Crippen molar-refractivity contribution in [2.45, 2.75) is 46.7 Å². The predicted octanol–water partition coefficient (Wildman–Crippen LogP) is 2.72. The first-order valence-electron chi connectivity index (χ1n) is 4.11. The lowest BCUT2D eigenvalue weighted by molar-refractivity contribution is 0.329. The molecule has 0 spiro atoms. The van der Waals surface area contributed by atoms with E-state index in [0.29, 0.717) is 12.1 Å². The van der Waals surface area contributed by atoms with E-state index in [-0.39, 0.29) is 0 Å². The van der Waals surface area contributed by atoms with Gasteiger partial charge in [-0.15, -0.1) is 0 Å². The van der Waals surface area contributed by atoms with Crippen molar-refractivity contribution in [2.75, 3.05) is 6.16 Å². The maximum absolute atomic E-state index is 2.54. The van der Waals surface area contributed by atoms with Crippen LogP contribution in [-0.4, -0.2) is 22.9 Å². The molecule has 0 fully saturated rings. The number of rotatable bonds is 4. The topological polar surface area (TPSA) is 3.24 Å². The largest absolute Gasteiger partial charge is 0.280 e. The molecule has 10 heavy (non-hydrogen) atoms. The van der Waals surface area contributed by atoms with E-state index < -0.39 is 0 Å². The molecular formula is C8H20NP. The molecule has 0 saturated carbocycles. The van der Waals surface area contributed by atoms with E-state index in [1.54, 1.807) is 0 Å². The van der Waals surface area contributed by atoms with Crippen LogP contribution in [-0.2, 0) is 0 Å². The van der Waals surface area contributed by atoms with Crippen molar-refractivity contribution in [2.24, 2.45) is 0 Å². The summed E-state index contributed by atoms with van der Waals surface area (Å²) < 4.78 is 2.54. The van der Waals surface area contributed by atoms with Gasteiger partial charge in [0.15, 0.2) is 0 Å². The Bertz CT molecular complexity index is 73.3. The van der Waals surface area contributed by atoms with E-state index in [9.17, 15) is 0 Å². The van der Waals surface area contributed by atoms with Gasteiger partial charge in [-0.25, -0.2) is 0 Å². The van der Waals surface area contributed by atoms with Crippen LogP contribution in [0.3, 0.4) is 0 Å². The van der Waals surface area contributed by atoms with E-state index in [1.165, 1.54) is 6.16 Å². The van der Waals surface area contributed by atoms with Crippen LogP contribution in [0.1, 0.15) is 34.6 Å². The number of hydrogen-bond acceptors (Lipinski definition) is 1. The van der Waals surface area contributed by atoms with Crippen LogP contribution in [0, 0.1) is 0 Å². The maximum Gasteiger partial charge on any atom is 0.00779 e. The van der Waals surface area contributed by atoms with Crippen LogP contribution in [0.2, 0.25) is 0 Å². The molecule has 0 radical (unpaired) electrons. The zero-order valence-electron chi connectivity index (χ0n) is 7.81. The highest BCUT2D eigenvalue weighted by molar-refractivity contribution is 7.35. The summed E-state index contributed by atoms with van der Waals surface area (Å²) in [5.41, 5.74) is 0. The second-order valence-electron chi connectivity index (χ2n) is 3.11. The average molecular weight is 161 g/mol. The van der Waals surface area contributed by atoms with Gasteiger partial charge < -0.3 is 0 Å². The van der Waals surface area contributed by atoms with Gasteiger partial charge in [0, 0.05) is 12.1 Å². The van der Waals surface area contributed by atoms with Crippen LogP contribution < -0.4 is 0 Å². The Morgan fingerprint density at radius 2 is 1.50 bits per heavy atom. The van der Waals surface area contributed by atoms with Gasteiger partial charge >= 0.3 is 0 Å². The fourth-order valence-electron chi connectivity index (χ4n) is 1.14. The molecule has 0 saturated heterocycles. The molecule has 0 heterocycles. The molecule has 0 aromatic heterocycles. The highest BCUT2D eigenvalue weighted by atomic mass is 31.1. The fraction of sp³-hybridized carbons (Fsp3) is 1.00. The SMILES string of the molecule is CCPN(C(C)C)C(C)C. The van der Waals surface area contributed by atoms with Gasteiger partial charge in [0.1, 0.15) is 0 Å². The Kier molecular flexibility index (Phi) is 5.29. The molecule has 1 atom stereocenters. The second kappa shape index (κ2) is 5.09. The molecule has 1 nitrogen and oxygen atoms in total. The van der Waals surface area contributed by atoms with Gasteiger partial charge in [-0.3, -0.25) is 4.67 Å². The Labute approximate surface area is 67.0 Å². The molecule has 0 bridgehead atoms. The molecule has 0 aliphatic carbocycles. The molecule has 0 N–H and O–H groups in total. The summed E-state index contributed by atoms with van der Waals surface area (Å²) in [6, 6.07) is 1.41. The zero-order valence-corrected chi connectivity index (χ0v) is 8.81. The Morgan fingerprint density at radius 3 is 1.60 bits per heavy atom. The smallest absolute Gasteiger partial charge is 0.00779 e. The lowest BCUT2D eigenvalue weighted by Crippen LogP contribution is -2.29. The molecule has 62 valence electrons. The Balaban J connectivity index is 3.73. The average Bonchev–Trinajstić information content (AvgIpc) is 1.81. The van der Waals surface area contributed by atoms with Gasteiger partial charge in [-0.2, -0.15) is 0 Å². The Morgan fingerprint density at radius 1 is 1.10 bits per heavy atom. The van der Waals surface area contributed by atoms with Gasteiger partial charge in [0.05, 0.1) is 0 Å². The van der Waals surface area contributed by atoms with E-state index in [4.69, 9.17) is 0 Å². The first-order chi connectivity index (χ1) is 4.59. The molecule has 0 amide bonds. The predicted molar refractivity (Wildman–Crippen MR) is 51.0 cm³/mol. The summed E-state index contributed by atoms with van der Waals surface area (Å²) >= 11 is 0. The summed E-state index contributed by atoms with van der Waals surface area (Å²) in [5.74, 6) is 0. The normalized spacial score (nSPS) is 13.2. The van der Waals surface area contributed by atoms with Crippen molar-refractivity contribution >= 4 is 8.73 Å². The number of nitrogens with zero attached hydrogens (tertiary/aromatic N) is 1. The van der Waals surface area contributed by atoms with Gasteiger partial charge in [-0.1, -0.05) is 15.7 Å². The zero-order chi connectivity index (χ0) is 8.15.